The maximum atomic E-state index is 13.6. The number of anilines is 2. The van der Waals surface area contributed by atoms with Gasteiger partial charge in [0.1, 0.15) is 12.4 Å². The Kier molecular flexibility index (Phi) is 5.82. The minimum Gasteiger partial charge on any atom is -0.325 e. The SMILES string of the molecule is Cc1ccc(NC(=O)[C@H](C)SC2=NCC(=O)N2c2ccccc2Cl)cc1F. The lowest BCUT2D eigenvalue weighted by Gasteiger charge is -2.21. The first-order valence-corrected chi connectivity index (χ1v) is 9.48. The highest BCUT2D eigenvalue weighted by molar-refractivity contribution is 8.15. The number of nitrogens with zero attached hydrogens (tertiary/aromatic N) is 2. The molecule has 0 bridgehead atoms. The number of thioether (sulfide) groups is 1. The van der Waals surface area contributed by atoms with Gasteiger partial charge in [0.15, 0.2) is 5.17 Å². The molecule has 0 saturated carbocycles. The molecule has 2 aromatic carbocycles. The zero-order valence-corrected chi connectivity index (χ0v) is 16.3. The first-order chi connectivity index (χ1) is 12.9. The number of rotatable bonds is 4. The summed E-state index contributed by atoms with van der Waals surface area (Å²) in [6, 6.07) is 11.5. The van der Waals surface area contributed by atoms with Crippen molar-refractivity contribution >= 4 is 51.7 Å². The van der Waals surface area contributed by atoms with Gasteiger partial charge in [-0.2, -0.15) is 0 Å². The zero-order valence-electron chi connectivity index (χ0n) is 14.7. The molecule has 0 fully saturated rings. The second kappa shape index (κ2) is 8.10. The van der Waals surface area contributed by atoms with Gasteiger partial charge >= 0.3 is 0 Å². The summed E-state index contributed by atoms with van der Waals surface area (Å²) in [6.07, 6.45) is 0. The number of carbonyl (C=O) groups excluding carboxylic acids is 2. The van der Waals surface area contributed by atoms with E-state index in [2.05, 4.69) is 10.3 Å². The Hall–Kier alpha value is -2.38. The summed E-state index contributed by atoms with van der Waals surface area (Å²) in [4.78, 5) is 30.3. The molecule has 1 N–H and O–H groups in total. The summed E-state index contributed by atoms with van der Waals surface area (Å²) in [5.41, 5.74) is 1.41. The summed E-state index contributed by atoms with van der Waals surface area (Å²) in [7, 11) is 0. The van der Waals surface area contributed by atoms with E-state index in [1.807, 2.05) is 0 Å². The molecule has 2 aromatic rings. The number of hydrogen-bond acceptors (Lipinski definition) is 4. The molecule has 3 rings (SSSR count). The highest BCUT2D eigenvalue weighted by Crippen LogP contribution is 2.31. The Morgan fingerprint density at radius 2 is 2.07 bits per heavy atom. The van der Waals surface area contributed by atoms with Crippen molar-refractivity contribution in [2.45, 2.75) is 19.1 Å². The molecule has 5 nitrogen and oxygen atoms in total. The van der Waals surface area contributed by atoms with Gasteiger partial charge < -0.3 is 5.32 Å². The second-order valence-corrected chi connectivity index (χ2v) is 7.71. The highest BCUT2D eigenvalue weighted by Gasteiger charge is 2.31. The molecule has 27 heavy (non-hydrogen) atoms. The van der Waals surface area contributed by atoms with E-state index in [1.54, 1.807) is 50.2 Å². The Morgan fingerprint density at radius 1 is 1.33 bits per heavy atom. The minimum absolute atomic E-state index is 0.00503. The lowest BCUT2D eigenvalue weighted by atomic mass is 10.2. The third-order valence-corrected chi connectivity index (χ3v) is 5.38. The fourth-order valence-electron chi connectivity index (χ4n) is 2.47. The molecule has 1 aliphatic rings. The predicted molar refractivity (Wildman–Crippen MR) is 108 cm³/mol. The van der Waals surface area contributed by atoms with E-state index in [4.69, 9.17) is 11.6 Å². The van der Waals surface area contributed by atoms with Crippen LogP contribution >= 0.6 is 23.4 Å². The third kappa shape index (κ3) is 4.31. The van der Waals surface area contributed by atoms with E-state index in [9.17, 15) is 14.0 Å². The molecule has 0 saturated heterocycles. The molecule has 1 atom stereocenters. The number of nitrogens with one attached hydrogen (secondary N) is 1. The molecular weight excluding hydrogens is 389 g/mol. The van der Waals surface area contributed by atoms with Crippen LogP contribution in [0.4, 0.5) is 15.8 Å². The summed E-state index contributed by atoms with van der Waals surface area (Å²) >= 11 is 7.34. The van der Waals surface area contributed by atoms with Crippen molar-refractivity contribution in [3.05, 3.63) is 58.9 Å². The molecule has 1 aliphatic heterocycles. The van der Waals surface area contributed by atoms with Crippen LogP contribution in [0, 0.1) is 12.7 Å². The molecule has 140 valence electrons. The summed E-state index contributed by atoms with van der Waals surface area (Å²) in [6.45, 7) is 3.35. The number of benzene rings is 2. The van der Waals surface area contributed by atoms with Crippen LogP contribution in [-0.4, -0.2) is 28.8 Å². The first-order valence-electron chi connectivity index (χ1n) is 8.22. The van der Waals surface area contributed by atoms with Crippen LogP contribution in [0.5, 0.6) is 0 Å². The van der Waals surface area contributed by atoms with E-state index in [0.717, 1.165) is 11.8 Å². The Morgan fingerprint density at radius 3 is 2.78 bits per heavy atom. The number of aryl methyl sites for hydroxylation is 1. The number of aliphatic imine (C=N–C) groups is 1. The van der Waals surface area contributed by atoms with Gasteiger partial charge in [-0.1, -0.05) is 41.6 Å². The van der Waals surface area contributed by atoms with Gasteiger partial charge in [-0.15, -0.1) is 0 Å². The van der Waals surface area contributed by atoms with Gasteiger partial charge in [0.25, 0.3) is 5.91 Å². The highest BCUT2D eigenvalue weighted by atomic mass is 35.5. The van der Waals surface area contributed by atoms with Gasteiger partial charge in [-0.25, -0.2) is 4.39 Å². The van der Waals surface area contributed by atoms with Crippen LogP contribution in [0.2, 0.25) is 5.02 Å². The first kappa shape index (κ1) is 19.4. The quantitative estimate of drug-likeness (QED) is 0.827. The molecule has 0 aliphatic carbocycles. The number of hydrogen-bond donors (Lipinski definition) is 1. The molecule has 8 heteroatoms. The number of carbonyl (C=O) groups is 2. The Balaban J connectivity index is 1.71. The van der Waals surface area contributed by atoms with E-state index >= 15 is 0 Å². The van der Waals surface area contributed by atoms with Crippen molar-refractivity contribution in [3.63, 3.8) is 0 Å². The fourth-order valence-corrected chi connectivity index (χ4v) is 3.62. The molecule has 2 amide bonds. The maximum absolute atomic E-state index is 13.6. The van der Waals surface area contributed by atoms with Crippen molar-refractivity contribution < 1.29 is 14.0 Å². The van der Waals surface area contributed by atoms with Crippen molar-refractivity contribution in [2.24, 2.45) is 4.99 Å². The van der Waals surface area contributed by atoms with Gasteiger partial charge in [0.2, 0.25) is 5.91 Å². The smallest absolute Gasteiger partial charge is 0.254 e. The van der Waals surface area contributed by atoms with E-state index < -0.39 is 5.25 Å². The van der Waals surface area contributed by atoms with Crippen LogP contribution in [0.15, 0.2) is 47.5 Å². The summed E-state index contributed by atoms with van der Waals surface area (Å²) in [5, 5.41) is 2.96. The van der Waals surface area contributed by atoms with E-state index in [0.29, 0.717) is 27.1 Å². The van der Waals surface area contributed by atoms with Gasteiger partial charge in [-0.05, 0) is 43.7 Å². The fraction of sp³-hybridized carbons (Fsp3) is 0.211. The van der Waals surface area contributed by atoms with Crippen molar-refractivity contribution in [3.8, 4) is 0 Å². The lowest BCUT2D eigenvalue weighted by Crippen LogP contribution is -2.33. The molecule has 1 heterocycles. The minimum atomic E-state index is -0.552. The maximum Gasteiger partial charge on any atom is 0.254 e. The van der Waals surface area contributed by atoms with E-state index in [-0.39, 0.29) is 24.2 Å². The largest absolute Gasteiger partial charge is 0.325 e. The lowest BCUT2D eigenvalue weighted by molar-refractivity contribution is -0.116. The second-order valence-electron chi connectivity index (χ2n) is 5.99. The van der Waals surface area contributed by atoms with Gasteiger partial charge in [-0.3, -0.25) is 19.5 Å². The average Bonchev–Trinajstić information content (AvgIpc) is 2.99. The molecule has 0 spiro atoms. The van der Waals surface area contributed by atoms with Crippen molar-refractivity contribution in [1.29, 1.82) is 0 Å². The Bertz CT molecular complexity index is 935. The standard InChI is InChI=1S/C19H17ClFN3O2S/c1-11-7-8-13(9-15(11)21)23-18(26)12(2)27-19-22-10-17(25)24(19)16-6-4-3-5-14(16)20/h3-9,12H,10H2,1-2H3,(H,23,26)/t12-/m0/s1. The van der Waals surface area contributed by atoms with Crippen LogP contribution in [0.25, 0.3) is 0 Å². The van der Waals surface area contributed by atoms with Crippen LogP contribution in [-0.2, 0) is 9.59 Å². The zero-order chi connectivity index (χ0) is 19.6. The van der Waals surface area contributed by atoms with Gasteiger partial charge in [0, 0.05) is 5.69 Å². The van der Waals surface area contributed by atoms with E-state index in [1.165, 1.54) is 11.0 Å². The molecule has 0 aromatic heterocycles. The summed E-state index contributed by atoms with van der Waals surface area (Å²) < 4.78 is 13.6. The number of para-hydroxylation sites is 1. The number of amides is 2. The molecule has 0 radical (unpaired) electrons. The van der Waals surface area contributed by atoms with Crippen LogP contribution in [0.1, 0.15) is 12.5 Å². The molecular formula is C19H17ClFN3O2S. The monoisotopic (exact) mass is 405 g/mol. The average molecular weight is 406 g/mol. The Labute approximate surface area is 165 Å². The number of amidine groups is 1. The predicted octanol–water partition coefficient (Wildman–Crippen LogP) is 4.25. The normalized spacial score (nSPS) is 14.9. The summed E-state index contributed by atoms with van der Waals surface area (Å²) in [5.74, 6) is -0.910. The third-order valence-electron chi connectivity index (χ3n) is 3.97. The van der Waals surface area contributed by atoms with Crippen molar-refractivity contribution in [2.75, 3.05) is 16.8 Å². The topological polar surface area (TPSA) is 61.8 Å². The number of halogens is 2. The van der Waals surface area contributed by atoms with Crippen LogP contribution in [0.3, 0.4) is 0 Å². The van der Waals surface area contributed by atoms with Crippen LogP contribution < -0.4 is 10.2 Å². The van der Waals surface area contributed by atoms with Crippen molar-refractivity contribution in [1.82, 2.24) is 0 Å². The van der Waals surface area contributed by atoms with Gasteiger partial charge in [0.05, 0.1) is 16.0 Å². The molecule has 0 unspecified atom stereocenters.